The lowest BCUT2D eigenvalue weighted by molar-refractivity contribution is -0.152. The summed E-state index contributed by atoms with van der Waals surface area (Å²) in [5.74, 6) is 3.13. The van der Waals surface area contributed by atoms with Gasteiger partial charge in [-0.25, -0.2) is 11.3 Å². The van der Waals surface area contributed by atoms with Crippen molar-refractivity contribution in [1.82, 2.24) is 16.2 Å². The second kappa shape index (κ2) is 13.6. The number of nitrogens with two attached hydrogens (primary N) is 1. The zero-order chi connectivity index (χ0) is 24.6. The number of carbonyl (C=O) groups excluding carboxylic acids is 3. The van der Waals surface area contributed by atoms with Crippen LogP contribution in [0.3, 0.4) is 0 Å². The van der Waals surface area contributed by atoms with Crippen molar-refractivity contribution in [3.05, 3.63) is 42.0 Å². The summed E-state index contributed by atoms with van der Waals surface area (Å²) in [7, 11) is 0. The third-order valence-corrected chi connectivity index (χ3v) is 6.53. The molecule has 34 heavy (non-hydrogen) atoms. The van der Waals surface area contributed by atoms with Crippen molar-refractivity contribution in [1.29, 1.82) is 0 Å². The average Bonchev–Trinajstić information content (AvgIpc) is 2.79. The van der Waals surface area contributed by atoms with Crippen molar-refractivity contribution in [2.45, 2.75) is 65.5 Å². The van der Waals surface area contributed by atoms with E-state index in [1.54, 1.807) is 5.48 Å². The molecule has 0 aliphatic carbocycles. The highest BCUT2D eigenvalue weighted by atomic mass is 35.5. The van der Waals surface area contributed by atoms with Crippen LogP contribution in [0.4, 0.5) is 0 Å². The van der Waals surface area contributed by atoms with Gasteiger partial charge < -0.3 is 5.32 Å². The summed E-state index contributed by atoms with van der Waals surface area (Å²) in [6.07, 6.45) is 5.49. The van der Waals surface area contributed by atoms with Crippen molar-refractivity contribution in [2.75, 3.05) is 0 Å². The fourth-order valence-corrected chi connectivity index (χ4v) is 5.10. The predicted octanol–water partition coefficient (Wildman–Crippen LogP) is 3.00. The van der Waals surface area contributed by atoms with E-state index in [1.807, 2.05) is 70.2 Å². The summed E-state index contributed by atoms with van der Waals surface area (Å²) in [5.41, 5.74) is 3.69. The minimum atomic E-state index is -1.25. The molecule has 1 aromatic rings. The van der Waals surface area contributed by atoms with Crippen molar-refractivity contribution in [2.24, 2.45) is 29.0 Å². The molecule has 9 heteroatoms. The summed E-state index contributed by atoms with van der Waals surface area (Å²) in [5, 5.41) is 12.6. The minimum absolute atomic E-state index is 0. The molecule has 0 radical (unpaired) electrons. The molecule has 1 aromatic carbocycles. The predicted molar refractivity (Wildman–Crippen MR) is 135 cm³/mol. The topological polar surface area (TPSA) is 134 Å². The van der Waals surface area contributed by atoms with Gasteiger partial charge in [0.25, 0.3) is 0 Å². The Morgan fingerprint density at radius 3 is 2.38 bits per heavy atom. The van der Waals surface area contributed by atoms with E-state index in [-0.39, 0.29) is 30.2 Å². The fraction of sp³-hybridized carbons (Fsp3) is 0.560. The van der Waals surface area contributed by atoms with Crippen LogP contribution in [0.15, 0.2) is 36.4 Å². The molecule has 3 unspecified atom stereocenters. The monoisotopic (exact) mass is 494 g/mol. The normalized spacial score (nSPS) is 22.3. The first-order valence-electron chi connectivity index (χ1n) is 11.7. The molecule has 1 heterocycles. The molecule has 6 N–H and O–H groups in total. The van der Waals surface area contributed by atoms with E-state index < -0.39 is 35.1 Å². The molecule has 1 saturated heterocycles. The first kappa shape index (κ1) is 29.8. The van der Waals surface area contributed by atoms with Crippen LogP contribution in [0.2, 0.25) is 0 Å². The highest BCUT2D eigenvalue weighted by Crippen LogP contribution is 2.41. The van der Waals surface area contributed by atoms with Gasteiger partial charge in [-0.2, -0.15) is 0 Å². The molecule has 1 aliphatic heterocycles. The lowest BCUT2D eigenvalue weighted by Crippen LogP contribution is -2.70. The Morgan fingerprint density at radius 1 is 1.24 bits per heavy atom. The Balaban J connectivity index is 0.00000578. The Morgan fingerprint density at radius 2 is 1.88 bits per heavy atom. The maximum atomic E-state index is 13.9. The molecule has 8 nitrogen and oxygen atoms in total. The number of ketones is 1. The number of halogens is 1. The second-order valence-corrected chi connectivity index (χ2v) is 9.41. The van der Waals surface area contributed by atoms with Crippen LogP contribution >= 0.6 is 12.4 Å². The molecule has 0 saturated carbocycles. The summed E-state index contributed by atoms with van der Waals surface area (Å²) in [4.78, 5) is 39.4. The number of benzene rings is 1. The van der Waals surface area contributed by atoms with Gasteiger partial charge in [-0.3, -0.25) is 25.0 Å². The van der Waals surface area contributed by atoms with Crippen LogP contribution in [0.5, 0.6) is 0 Å². The zero-order valence-electron chi connectivity index (χ0n) is 20.4. The Bertz CT molecular complexity index is 849. The largest absolute Gasteiger partial charge is 0.309 e. The van der Waals surface area contributed by atoms with Crippen LogP contribution in [0.25, 0.3) is 6.08 Å². The van der Waals surface area contributed by atoms with Crippen molar-refractivity contribution >= 4 is 36.1 Å². The molecule has 0 aromatic heterocycles. The second-order valence-electron chi connectivity index (χ2n) is 9.41. The Kier molecular flexibility index (Phi) is 11.9. The van der Waals surface area contributed by atoms with Gasteiger partial charge in [-0.05, 0) is 37.7 Å². The average molecular weight is 495 g/mol. The van der Waals surface area contributed by atoms with Gasteiger partial charge in [0.1, 0.15) is 5.41 Å². The molecule has 2 rings (SSSR count). The molecule has 0 bridgehead atoms. The number of hydroxylamine groups is 1. The maximum Gasteiger partial charge on any atom is 0.248 e. The number of hydrazine groups is 1. The number of allylic oxidation sites excluding steroid dienone is 1. The molecule has 190 valence electrons. The summed E-state index contributed by atoms with van der Waals surface area (Å²) >= 11 is 0. The zero-order valence-corrected chi connectivity index (χ0v) is 21.2. The van der Waals surface area contributed by atoms with Crippen LogP contribution in [0.1, 0.15) is 58.9 Å². The number of carbonyl (C=O) groups is 3. The van der Waals surface area contributed by atoms with E-state index >= 15 is 0 Å². The third-order valence-electron chi connectivity index (χ3n) is 6.53. The number of hydrogen-bond donors (Lipinski definition) is 5. The summed E-state index contributed by atoms with van der Waals surface area (Å²) in [6.45, 7) is 7.75. The van der Waals surface area contributed by atoms with Gasteiger partial charge in [-0.1, -0.05) is 69.7 Å². The van der Waals surface area contributed by atoms with Crippen molar-refractivity contribution in [3.8, 4) is 0 Å². The van der Waals surface area contributed by atoms with Crippen LogP contribution < -0.4 is 22.1 Å². The first-order valence-corrected chi connectivity index (χ1v) is 11.7. The van der Waals surface area contributed by atoms with Crippen molar-refractivity contribution in [3.63, 3.8) is 0 Å². The molecular formula is C25H39ClN4O4. The molecule has 0 spiro atoms. The number of rotatable bonds is 12. The number of amides is 2. The third kappa shape index (κ3) is 6.66. The number of nitrogens with one attached hydrogen (secondary N) is 3. The highest BCUT2D eigenvalue weighted by molar-refractivity contribution is 6.08. The minimum Gasteiger partial charge on any atom is -0.309 e. The lowest BCUT2D eigenvalue weighted by Gasteiger charge is -2.50. The Hall–Kier alpha value is -2.26. The smallest absolute Gasteiger partial charge is 0.248 e. The van der Waals surface area contributed by atoms with Gasteiger partial charge in [0.2, 0.25) is 11.8 Å². The van der Waals surface area contributed by atoms with Crippen LogP contribution in [-0.4, -0.2) is 34.9 Å². The van der Waals surface area contributed by atoms with E-state index in [1.165, 1.54) is 0 Å². The number of hydrogen-bond acceptors (Lipinski definition) is 6. The first-order chi connectivity index (χ1) is 15.7. The van der Waals surface area contributed by atoms with E-state index in [9.17, 15) is 19.6 Å². The SMILES string of the molecule is CCCC(CC(C)C)(C(=O)NN)C(=O)C1C(C)N[C@H]1[C@H](C/C=C/c1ccccc1)C(=O)NO.Cl. The van der Waals surface area contributed by atoms with E-state index in [0.717, 1.165) is 5.56 Å². The van der Waals surface area contributed by atoms with Gasteiger partial charge in [0, 0.05) is 18.0 Å². The highest BCUT2D eigenvalue weighted by Gasteiger charge is 2.56. The van der Waals surface area contributed by atoms with Gasteiger partial charge in [-0.15, -0.1) is 12.4 Å². The van der Waals surface area contributed by atoms with E-state index in [4.69, 9.17) is 5.84 Å². The molecule has 2 amide bonds. The van der Waals surface area contributed by atoms with E-state index in [0.29, 0.717) is 25.7 Å². The molecular weight excluding hydrogens is 456 g/mol. The van der Waals surface area contributed by atoms with Crippen LogP contribution in [-0.2, 0) is 14.4 Å². The quantitative estimate of drug-likeness (QED) is 0.0996. The maximum absolute atomic E-state index is 13.9. The molecule has 5 atom stereocenters. The van der Waals surface area contributed by atoms with E-state index in [2.05, 4.69) is 10.7 Å². The lowest BCUT2D eigenvalue weighted by atomic mass is 9.62. The standard InChI is InChI=1S/C25H38N4O4.ClH/c1-5-14-25(15-16(2)3,24(32)28-26)22(30)20-17(4)27-21(20)19(23(31)29-33)13-9-12-18-10-7-6-8-11-18;/h6-12,16-17,19-21,27,33H,5,13-15,26H2,1-4H3,(H,28,32)(H,29,31);1H/b12-9+;/t17?,19-,20?,21-,25?;/m0./s1. The number of Topliss-reactive ketones (excluding diaryl/α,β-unsaturated/α-hetero) is 1. The fourth-order valence-electron chi connectivity index (χ4n) is 5.10. The van der Waals surface area contributed by atoms with Gasteiger partial charge >= 0.3 is 0 Å². The Labute approximate surface area is 208 Å². The van der Waals surface area contributed by atoms with Crippen molar-refractivity contribution < 1.29 is 19.6 Å². The molecule has 1 fully saturated rings. The summed E-state index contributed by atoms with van der Waals surface area (Å²) < 4.78 is 0. The molecule has 1 aliphatic rings. The van der Waals surface area contributed by atoms with Crippen LogP contribution in [0, 0.1) is 23.2 Å². The van der Waals surface area contributed by atoms with Gasteiger partial charge in [0.05, 0.1) is 5.92 Å². The van der Waals surface area contributed by atoms with Gasteiger partial charge in [0.15, 0.2) is 5.78 Å². The summed E-state index contributed by atoms with van der Waals surface area (Å²) in [6, 6.07) is 8.95.